The number of imidazole rings is 1. The first-order valence-electron chi connectivity index (χ1n) is 5.99. The lowest BCUT2D eigenvalue weighted by molar-refractivity contribution is 0.235. The maximum atomic E-state index is 11.6. The molecule has 0 fully saturated rings. The van der Waals surface area contributed by atoms with E-state index in [1.165, 1.54) is 6.33 Å². The van der Waals surface area contributed by atoms with E-state index in [0.717, 1.165) is 12.8 Å². The molecule has 0 aliphatic heterocycles. The molecule has 0 amide bonds. The SMILES string of the molecule is O=c1[nH]cnc2c1ncn2C1C=CC(CO)CC1. The van der Waals surface area contributed by atoms with E-state index in [2.05, 4.69) is 15.0 Å². The van der Waals surface area contributed by atoms with Crippen LogP contribution in [0.25, 0.3) is 11.2 Å². The number of H-pyrrole nitrogens is 1. The van der Waals surface area contributed by atoms with Crippen molar-refractivity contribution in [1.29, 1.82) is 0 Å². The van der Waals surface area contributed by atoms with Crippen molar-refractivity contribution in [2.24, 2.45) is 5.92 Å². The number of fused-ring (bicyclic) bond motifs is 1. The minimum Gasteiger partial charge on any atom is -0.396 e. The monoisotopic (exact) mass is 246 g/mol. The summed E-state index contributed by atoms with van der Waals surface area (Å²) in [7, 11) is 0. The van der Waals surface area contributed by atoms with Gasteiger partial charge >= 0.3 is 0 Å². The van der Waals surface area contributed by atoms with Crippen LogP contribution in [0.4, 0.5) is 0 Å². The van der Waals surface area contributed by atoms with E-state index < -0.39 is 0 Å². The van der Waals surface area contributed by atoms with E-state index in [-0.39, 0.29) is 24.1 Å². The summed E-state index contributed by atoms with van der Waals surface area (Å²) in [5, 5.41) is 9.09. The van der Waals surface area contributed by atoms with Crippen LogP contribution in [0.5, 0.6) is 0 Å². The van der Waals surface area contributed by atoms with Gasteiger partial charge in [0.05, 0.1) is 18.7 Å². The second-order valence-electron chi connectivity index (χ2n) is 4.53. The zero-order valence-corrected chi connectivity index (χ0v) is 9.78. The van der Waals surface area contributed by atoms with Crippen molar-refractivity contribution in [2.75, 3.05) is 6.61 Å². The number of allylic oxidation sites excluding steroid dienone is 1. The van der Waals surface area contributed by atoms with Gasteiger partial charge in [-0.1, -0.05) is 12.2 Å². The van der Waals surface area contributed by atoms with E-state index in [1.54, 1.807) is 6.33 Å². The Balaban J connectivity index is 2.01. The number of nitrogens with zero attached hydrogens (tertiary/aromatic N) is 3. The summed E-state index contributed by atoms with van der Waals surface area (Å²) in [5.41, 5.74) is 0.762. The molecule has 0 bridgehead atoms. The Labute approximate surface area is 103 Å². The molecule has 1 aliphatic carbocycles. The minimum absolute atomic E-state index is 0.159. The van der Waals surface area contributed by atoms with Gasteiger partial charge in [-0.25, -0.2) is 9.97 Å². The van der Waals surface area contributed by atoms with Gasteiger partial charge in [-0.2, -0.15) is 0 Å². The van der Waals surface area contributed by atoms with Gasteiger partial charge in [-0.3, -0.25) is 4.79 Å². The molecule has 1 aliphatic rings. The number of hydrogen-bond acceptors (Lipinski definition) is 4. The summed E-state index contributed by atoms with van der Waals surface area (Å²) in [4.78, 5) is 22.3. The van der Waals surface area contributed by atoms with Gasteiger partial charge in [0.2, 0.25) is 0 Å². The zero-order chi connectivity index (χ0) is 12.5. The fourth-order valence-corrected chi connectivity index (χ4v) is 2.35. The molecular formula is C12H14N4O2. The highest BCUT2D eigenvalue weighted by Gasteiger charge is 2.19. The van der Waals surface area contributed by atoms with Crippen molar-refractivity contribution < 1.29 is 5.11 Å². The number of nitrogens with one attached hydrogen (secondary N) is 1. The molecule has 18 heavy (non-hydrogen) atoms. The fraction of sp³-hybridized carbons (Fsp3) is 0.417. The predicted octanol–water partition coefficient (Wildman–Crippen LogP) is 0.619. The first-order valence-corrected chi connectivity index (χ1v) is 5.99. The molecule has 3 rings (SSSR count). The van der Waals surface area contributed by atoms with Crippen LogP contribution < -0.4 is 5.56 Å². The molecular weight excluding hydrogens is 232 g/mol. The van der Waals surface area contributed by atoms with Crippen LogP contribution in [-0.4, -0.2) is 31.2 Å². The largest absolute Gasteiger partial charge is 0.396 e. The lowest BCUT2D eigenvalue weighted by Crippen LogP contribution is -2.15. The van der Waals surface area contributed by atoms with Crippen molar-refractivity contribution in [3.8, 4) is 0 Å². The van der Waals surface area contributed by atoms with Crippen molar-refractivity contribution in [3.63, 3.8) is 0 Å². The highest BCUT2D eigenvalue weighted by Crippen LogP contribution is 2.27. The smallest absolute Gasteiger partial charge is 0.278 e. The maximum absolute atomic E-state index is 11.6. The topological polar surface area (TPSA) is 83.8 Å². The second kappa shape index (κ2) is 4.38. The maximum Gasteiger partial charge on any atom is 0.278 e. The lowest BCUT2D eigenvalue weighted by atomic mass is 9.93. The van der Waals surface area contributed by atoms with Crippen molar-refractivity contribution >= 4 is 11.2 Å². The average Bonchev–Trinajstić information content (AvgIpc) is 2.84. The summed E-state index contributed by atoms with van der Waals surface area (Å²) in [6.45, 7) is 0.186. The molecule has 2 aromatic rings. The molecule has 0 radical (unpaired) electrons. The second-order valence-corrected chi connectivity index (χ2v) is 4.53. The molecule has 2 heterocycles. The van der Waals surface area contributed by atoms with E-state index >= 15 is 0 Å². The number of hydrogen-bond donors (Lipinski definition) is 2. The quantitative estimate of drug-likeness (QED) is 0.761. The normalized spacial score (nSPS) is 23.6. The zero-order valence-electron chi connectivity index (χ0n) is 9.78. The molecule has 0 spiro atoms. The van der Waals surface area contributed by atoms with Crippen LogP contribution in [0, 0.1) is 5.92 Å². The van der Waals surface area contributed by atoms with Gasteiger partial charge in [0.15, 0.2) is 11.2 Å². The summed E-state index contributed by atoms with van der Waals surface area (Å²) in [5.74, 6) is 0.243. The van der Waals surface area contributed by atoms with Crippen molar-refractivity contribution in [2.45, 2.75) is 18.9 Å². The molecule has 6 nitrogen and oxygen atoms in total. The van der Waals surface area contributed by atoms with Crippen LogP contribution in [-0.2, 0) is 0 Å². The molecule has 94 valence electrons. The van der Waals surface area contributed by atoms with E-state index in [4.69, 9.17) is 5.11 Å². The summed E-state index contributed by atoms with van der Waals surface area (Å²) < 4.78 is 1.91. The Bertz CT molecular complexity index is 643. The number of aromatic amines is 1. The molecule has 0 saturated heterocycles. The first-order chi connectivity index (χ1) is 8.79. The third-order valence-electron chi connectivity index (χ3n) is 3.40. The van der Waals surface area contributed by atoms with Gasteiger partial charge in [-0.15, -0.1) is 0 Å². The lowest BCUT2D eigenvalue weighted by Gasteiger charge is -2.22. The van der Waals surface area contributed by atoms with Crippen LogP contribution in [0.3, 0.4) is 0 Å². The van der Waals surface area contributed by atoms with E-state index in [9.17, 15) is 4.79 Å². The minimum atomic E-state index is -0.216. The molecule has 2 unspecified atom stereocenters. The Hall–Kier alpha value is -1.95. The predicted molar refractivity (Wildman–Crippen MR) is 66.1 cm³/mol. The highest BCUT2D eigenvalue weighted by atomic mass is 16.3. The Morgan fingerprint density at radius 1 is 1.39 bits per heavy atom. The molecule has 2 atom stereocenters. The molecule has 2 aromatic heterocycles. The van der Waals surface area contributed by atoms with Gasteiger partial charge in [-0.05, 0) is 12.8 Å². The summed E-state index contributed by atoms with van der Waals surface area (Å²) in [6, 6.07) is 0.159. The van der Waals surface area contributed by atoms with Crippen LogP contribution in [0.1, 0.15) is 18.9 Å². The van der Waals surface area contributed by atoms with Crippen molar-refractivity contribution in [1.82, 2.24) is 19.5 Å². The molecule has 2 N–H and O–H groups in total. The summed E-state index contributed by atoms with van der Waals surface area (Å²) >= 11 is 0. The Morgan fingerprint density at radius 2 is 2.28 bits per heavy atom. The van der Waals surface area contributed by atoms with E-state index in [0.29, 0.717) is 11.2 Å². The summed E-state index contributed by atoms with van der Waals surface area (Å²) in [6.07, 6.45) is 8.97. The van der Waals surface area contributed by atoms with Gasteiger partial charge in [0.1, 0.15) is 0 Å². The third-order valence-corrected chi connectivity index (χ3v) is 3.40. The number of rotatable bonds is 2. The van der Waals surface area contributed by atoms with Crippen LogP contribution in [0.15, 0.2) is 29.6 Å². The highest BCUT2D eigenvalue weighted by molar-refractivity contribution is 5.69. The third kappa shape index (κ3) is 1.74. The Morgan fingerprint density at radius 3 is 3.00 bits per heavy atom. The number of aliphatic hydroxyl groups excluding tert-OH is 1. The standard InChI is InChI=1S/C12H14N4O2/c17-5-8-1-3-9(4-2-8)16-7-15-10-11(16)13-6-14-12(10)18/h1,3,6-9,17H,2,4-5H2,(H,13,14,18). The molecule has 6 heteroatoms. The van der Waals surface area contributed by atoms with E-state index in [1.807, 2.05) is 16.7 Å². The Kier molecular flexibility index (Phi) is 2.71. The van der Waals surface area contributed by atoms with Crippen LogP contribution in [0.2, 0.25) is 0 Å². The van der Waals surface area contributed by atoms with Gasteiger partial charge in [0, 0.05) is 12.5 Å². The fourth-order valence-electron chi connectivity index (χ4n) is 2.35. The number of aliphatic hydroxyl groups is 1. The molecule has 0 saturated carbocycles. The number of aromatic nitrogens is 4. The molecule has 0 aromatic carbocycles. The van der Waals surface area contributed by atoms with Gasteiger partial charge < -0.3 is 14.7 Å². The van der Waals surface area contributed by atoms with Crippen molar-refractivity contribution in [3.05, 3.63) is 35.2 Å². The van der Waals surface area contributed by atoms with Gasteiger partial charge in [0.25, 0.3) is 5.56 Å². The van der Waals surface area contributed by atoms with Crippen LogP contribution >= 0.6 is 0 Å². The first kappa shape index (κ1) is 11.2. The average molecular weight is 246 g/mol.